The molecule has 4 rings (SSSR count). The highest BCUT2D eigenvalue weighted by atomic mass is 16.5. The number of hydrogen-bond donors (Lipinski definition) is 2. The highest BCUT2D eigenvalue weighted by molar-refractivity contribution is 5.91. The van der Waals surface area contributed by atoms with E-state index >= 15 is 0 Å². The molecule has 2 heterocycles. The summed E-state index contributed by atoms with van der Waals surface area (Å²) in [7, 11) is 4.76. The Morgan fingerprint density at radius 1 is 1.06 bits per heavy atom. The minimum absolute atomic E-state index is 0.0839. The van der Waals surface area contributed by atoms with E-state index in [1.54, 1.807) is 39.5 Å². The van der Waals surface area contributed by atoms with Gasteiger partial charge in [0.1, 0.15) is 29.7 Å². The second kappa shape index (κ2) is 10.2. The fourth-order valence-electron chi connectivity index (χ4n) is 3.48. The largest absolute Gasteiger partial charge is 0.493 e. The summed E-state index contributed by atoms with van der Waals surface area (Å²) in [6.07, 6.45) is 0.636. The molecule has 4 aromatic rings. The van der Waals surface area contributed by atoms with Crippen molar-refractivity contribution in [2.75, 3.05) is 32.7 Å². The van der Waals surface area contributed by atoms with Gasteiger partial charge in [-0.1, -0.05) is 18.2 Å². The van der Waals surface area contributed by atoms with Crippen molar-refractivity contribution in [1.82, 2.24) is 14.5 Å². The average Bonchev–Trinajstić information content (AvgIpc) is 2.88. The van der Waals surface area contributed by atoms with Crippen molar-refractivity contribution in [3.63, 3.8) is 0 Å². The number of nitrogens with zero attached hydrogens (tertiary/aromatic N) is 3. The summed E-state index contributed by atoms with van der Waals surface area (Å²) in [5.41, 5.74) is 1.60. The van der Waals surface area contributed by atoms with E-state index in [0.29, 0.717) is 39.7 Å². The summed E-state index contributed by atoms with van der Waals surface area (Å²) in [5, 5.41) is 13.9. The Morgan fingerprint density at radius 2 is 1.82 bits per heavy atom. The van der Waals surface area contributed by atoms with Crippen LogP contribution in [0.15, 0.2) is 65.7 Å². The van der Waals surface area contributed by atoms with E-state index in [1.807, 2.05) is 36.4 Å². The minimum atomic E-state index is -0.831. The normalized spacial score (nSPS) is 11.8. The zero-order valence-corrected chi connectivity index (χ0v) is 19.2. The number of anilines is 1. The lowest BCUT2D eigenvalue weighted by Gasteiger charge is -2.16. The van der Waals surface area contributed by atoms with Crippen molar-refractivity contribution in [1.29, 1.82) is 0 Å². The quantitative estimate of drug-likeness (QED) is 0.391. The molecule has 0 radical (unpaired) electrons. The number of fused-ring (bicyclic) bond motifs is 1. The molecule has 0 amide bonds. The molecule has 0 bridgehead atoms. The number of aryl methyl sites for hydroxylation is 1. The third kappa shape index (κ3) is 4.94. The first-order chi connectivity index (χ1) is 16.5. The molecule has 2 N–H and O–H groups in total. The topological polar surface area (TPSA) is 108 Å². The first-order valence-electron chi connectivity index (χ1n) is 10.7. The van der Waals surface area contributed by atoms with Crippen LogP contribution in [-0.2, 0) is 7.05 Å². The number of aliphatic hydroxyl groups excluding tert-OH is 1. The third-order valence-corrected chi connectivity index (χ3v) is 5.27. The Bertz CT molecular complexity index is 1340. The Morgan fingerprint density at radius 3 is 2.56 bits per heavy atom. The number of ether oxygens (including phenoxy) is 3. The zero-order valence-electron chi connectivity index (χ0n) is 19.2. The number of pyridine rings is 1. The van der Waals surface area contributed by atoms with Crippen LogP contribution in [0.1, 0.15) is 0 Å². The van der Waals surface area contributed by atoms with Crippen LogP contribution in [0.5, 0.6) is 17.2 Å². The second-order valence-corrected chi connectivity index (χ2v) is 7.64. The number of methoxy groups -OCH3 is 2. The maximum Gasteiger partial charge on any atom is 0.264 e. The molecule has 2 aromatic heterocycles. The van der Waals surface area contributed by atoms with Gasteiger partial charge < -0.3 is 29.2 Å². The van der Waals surface area contributed by atoms with Crippen molar-refractivity contribution < 1.29 is 19.3 Å². The number of aromatic nitrogens is 3. The number of hydrogen-bond acceptors (Lipinski definition) is 8. The van der Waals surface area contributed by atoms with Crippen LogP contribution in [-0.4, -0.2) is 53.1 Å². The van der Waals surface area contributed by atoms with Gasteiger partial charge in [0.15, 0.2) is 11.5 Å². The number of benzene rings is 2. The maximum atomic E-state index is 12.9. The van der Waals surface area contributed by atoms with Crippen LogP contribution in [0.2, 0.25) is 0 Å². The van der Waals surface area contributed by atoms with Gasteiger partial charge in [-0.2, -0.15) is 0 Å². The van der Waals surface area contributed by atoms with E-state index in [0.717, 1.165) is 5.56 Å². The van der Waals surface area contributed by atoms with E-state index < -0.39 is 6.10 Å². The molecule has 0 saturated carbocycles. The monoisotopic (exact) mass is 462 g/mol. The lowest BCUT2D eigenvalue weighted by Crippen LogP contribution is -2.27. The summed E-state index contributed by atoms with van der Waals surface area (Å²) >= 11 is 0. The van der Waals surface area contributed by atoms with E-state index in [1.165, 1.54) is 10.9 Å². The van der Waals surface area contributed by atoms with Gasteiger partial charge in [0.2, 0.25) is 0 Å². The van der Waals surface area contributed by atoms with Crippen molar-refractivity contribution >= 4 is 16.7 Å². The Balaban J connectivity index is 1.64. The average molecular weight is 463 g/mol. The highest BCUT2D eigenvalue weighted by Gasteiger charge is 2.16. The molecule has 34 heavy (non-hydrogen) atoms. The van der Waals surface area contributed by atoms with Gasteiger partial charge in [0.25, 0.3) is 5.56 Å². The van der Waals surface area contributed by atoms with Crippen LogP contribution < -0.4 is 25.1 Å². The second-order valence-electron chi connectivity index (χ2n) is 7.64. The van der Waals surface area contributed by atoms with Gasteiger partial charge in [0.05, 0.1) is 31.8 Å². The predicted molar refractivity (Wildman–Crippen MR) is 130 cm³/mol. The SMILES string of the molecule is COc1ccc(-c2cc3ncn(C)c(=O)c3c(NCC(O)COc3ccccc3)n2)cc1OC. The van der Waals surface area contributed by atoms with Gasteiger partial charge >= 0.3 is 0 Å². The minimum Gasteiger partial charge on any atom is -0.493 e. The fourth-order valence-corrected chi connectivity index (χ4v) is 3.48. The molecule has 0 spiro atoms. The van der Waals surface area contributed by atoms with Crippen LogP contribution in [0, 0.1) is 0 Å². The first-order valence-corrected chi connectivity index (χ1v) is 10.7. The van der Waals surface area contributed by atoms with Crippen molar-refractivity contribution in [2.45, 2.75) is 6.10 Å². The molecule has 1 atom stereocenters. The molecular weight excluding hydrogens is 436 g/mol. The lowest BCUT2D eigenvalue weighted by atomic mass is 10.1. The summed E-state index contributed by atoms with van der Waals surface area (Å²) < 4.78 is 17.7. The Hall–Kier alpha value is -4.11. The van der Waals surface area contributed by atoms with Crippen LogP contribution in [0.3, 0.4) is 0 Å². The van der Waals surface area contributed by atoms with E-state index in [9.17, 15) is 9.90 Å². The number of aliphatic hydroxyl groups is 1. The zero-order chi connectivity index (χ0) is 24.1. The highest BCUT2D eigenvalue weighted by Crippen LogP contribution is 2.33. The molecule has 0 aliphatic rings. The molecule has 9 heteroatoms. The molecule has 2 aromatic carbocycles. The number of para-hydroxylation sites is 1. The molecule has 0 aliphatic carbocycles. The molecule has 1 unspecified atom stereocenters. The van der Waals surface area contributed by atoms with Crippen molar-refractivity contribution in [3.05, 3.63) is 71.3 Å². The Labute approximate surface area is 196 Å². The van der Waals surface area contributed by atoms with E-state index in [2.05, 4.69) is 15.3 Å². The van der Waals surface area contributed by atoms with Crippen LogP contribution >= 0.6 is 0 Å². The van der Waals surface area contributed by atoms with Crippen LogP contribution in [0.4, 0.5) is 5.82 Å². The van der Waals surface area contributed by atoms with Crippen molar-refractivity contribution in [2.24, 2.45) is 7.05 Å². The molecule has 0 fully saturated rings. The third-order valence-electron chi connectivity index (χ3n) is 5.27. The molecule has 0 saturated heterocycles. The number of nitrogens with one attached hydrogen (secondary N) is 1. The van der Waals surface area contributed by atoms with Crippen LogP contribution in [0.25, 0.3) is 22.2 Å². The molecule has 176 valence electrons. The van der Waals surface area contributed by atoms with E-state index in [-0.39, 0.29) is 18.7 Å². The van der Waals surface area contributed by atoms with Gasteiger partial charge in [-0.05, 0) is 36.4 Å². The standard InChI is InChI=1S/C25H26N4O5/c1-29-15-27-20-12-19(16-9-10-21(32-2)22(11-16)33-3)28-24(23(20)25(29)31)26-13-17(30)14-34-18-7-5-4-6-8-18/h4-12,15,17,30H,13-14H2,1-3H3,(H,26,28). The summed E-state index contributed by atoms with van der Waals surface area (Å²) in [6, 6.07) is 16.4. The smallest absolute Gasteiger partial charge is 0.264 e. The summed E-state index contributed by atoms with van der Waals surface area (Å²) in [5.74, 6) is 2.15. The maximum absolute atomic E-state index is 12.9. The first kappa shape index (κ1) is 23.1. The summed E-state index contributed by atoms with van der Waals surface area (Å²) in [4.78, 5) is 21.9. The predicted octanol–water partition coefficient (Wildman–Crippen LogP) is 2.86. The van der Waals surface area contributed by atoms with Gasteiger partial charge in [0, 0.05) is 19.2 Å². The van der Waals surface area contributed by atoms with Gasteiger partial charge in [-0.3, -0.25) is 4.79 Å². The molecule has 0 aliphatic heterocycles. The van der Waals surface area contributed by atoms with Gasteiger partial charge in [-0.15, -0.1) is 0 Å². The number of rotatable bonds is 9. The summed E-state index contributed by atoms with van der Waals surface area (Å²) in [6.45, 7) is 0.211. The fraction of sp³-hybridized carbons (Fsp3) is 0.240. The van der Waals surface area contributed by atoms with Gasteiger partial charge in [-0.25, -0.2) is 9.97 Å². The van der Waals surface area contributed by atoms with Crippen molar-refractivity contribution in [3.8, 4) is 28.5 Å². The Kier molecular flexibility index (Phi) is 6.93. The van der Waals surface area contributed by atoms with E-state index in [4.69, 9.17) is 14.2 Å². The molecule has 9 nitrogen and oxygen atoms in total. The lowest BCUT2D eigenvalue weighted by molar-refractivity contribution is 0.117. The molecular formula is C25H26N4O5.